The molecule has 0 spiro atoms. The number of ether oxygens (including phenoxy) is 1. The van der Waals surface area contributed by atoms with Gasteiger partial charge in [-0.3, -0.25) is 0 Å². The number of nitrogens with zero attached hydrogens (tertiary/aromatic N) is 1. The zero-order valence-corrected chi connectivity index (χ0v) is 9.29. The Hall–Kier alpha value is -0.120. The molecule has 3 heteroatoms. The summed E-state index contributed by atoms with van der Waals surface area (Å²) < 4.78 is 5.00. The second-order valence-corrected chi connectivity index (χ2v) is 3.75. The molecule has 0 rings (SSSR count). The van der Waals surface area contributed by atoms with Crippen molar-refractivity contribution in [2.45, 2.75) is 38.8 Å². The van der Waals surface area contributed by atoms with Crippen molar-refractivity contribution < 1.29 is 9.84 Å². The van der Waals surface area contributed by atoms with Gasteiger partial charge in [0, 0.05) is 19.7 Å². The smallest absolute Gasteiger partial charge is 0.0589 e. The molecule has 0 aliphatic rings. The molecule has 0 aromatic heterocycles. The van der Waals surface area contributed by atoms with Gasteiger partial charge in [-0.15, -0.1) is 0 Å². The van der Waals surface area contributed by atoms with Crippen LogP contribution >= 0.6 is 0 Å². The van der Waals surface area contributed by atoms with E-state index in [9.17, 15) is 0 Å². The van der Waals surface area contributed by atoms with Crippen LogP contribution in [0.1, 0.15) is 26.7 Å². The highest BCUT2D eigenvalue weighted by Gasteiger charge is 2.09. The molecule has 2 atom stereocenters. The third kappa shape index (κ3) is 6.99. The lowest BCUT2D eigenvalue weighted by Gasteiger charge is -2.24. The zero-order valence-electron chi connectivity index (χ0n) is 9.29. The summed E-state index contributed by atoms with van der Waals surface area (Å²) in [5.41, 5.74) is 0. The lowest BCUT2D eigenvalue weighted by molar-refractivity contribution is 0.126. The topological polar surface area (TPSA) is 32.7 Å². The van der Waals surface area contributed by atoms with Gasteiger partial charge in [0.2, 0.25) is 0 Å². The van der Waals surface area contributed by atoms with E-state index in [0.29, 0.717) is 6.04 Å². The van der Waals surface area contributed by atoms with Crippen LogP contribution in [-0.4, -0.2) is 49.5 Å². The van der Waals surface area contributed by atoms with Crippen LogP contribution in [0.15, 0.2) is 0 Å². The number of rotatable bonds is 7. The van der Waals surface area contributed by atoms with Gasteiger partial charge >= 0.3 is 0 Å². The minimum Gasteiger partial charge on any atom is -0.393 e. The fraction of sp³-hybridized carbons (Fsp3) is 1.00. The quantitative estimate of drug-likeness (QED) is 0.651. The number of aliphatic hydroxyl groups excluding tert-OH is 1. The molecular formula is C10H23NO2. The molecular weight excluding hydrogens is 166 g/mol. The van der Waals surface area contributed by atoms with E-state index in [-0.39, 0.29) is 6.10 Å². The molecule has 0 radical (unpaired) electrons. The molecule has 0 aliphatic carbocycles. The average Bonchev–Trinajstić information content (AvgIpc) is 2.10. The maximum Gasteiger partial charge on any atom is 0.0589 e. The monoisotopic (exact) mass is 189 g/mol. The van der Waals surface area contributed by atoms with Gasteiger partial charge in [0.15, 0.2) is 0 Å². The molecule has 80 valence electrons. The van der Waals surface area contributed by atoms with Gasteiger partial charge in [-0.25, -0.2) is 0 Å². The minimum atomic E-state index is -0.182. The van der Waals surface area contributed by atoms with Crippen LogP contribution in [0.4, 0.5) is 0 Å². The highest BCUT2D eigenvalue weighted by molar-refractivity contribution is 4.64. The second kappa shape index (κ2) is 7.30. The maximum absolute atomic E-state index is 9.12. The van der Waals surface area contributed by atoms with Gasteiger partial charge in [0.25, 0.3) is 0 Å². The van der Waals surface area contributed by atoms with Crippen molar-refractivity contribution in [1.82, 2.24) is 4.90 Å². The van der Waals surface area contributed by atoms with Gasteiger partial charge in [0.05, 0.1) is 12.7 Å². The number of hydrogen-bond donors (Lipinski definition) is 1. The zero-order chi connectivity index (χ0) is 10.3. The summed E-state index contributed by atoms with van der Waals surface area (Å²) >= 11 is 0. The molecule has 0 aromatic carbocycles. The first-order chi connectivity index (χ1) is 6.07. The Morgan fingerprint density at radius 3 is 2.38 bits per heavy atom. The molecule has 0 heterocycles. The third-order valence-corrected chi connectivity index (χ3v) is 2.40. The Kier molecular flexibility index (Phi) is 7.23. The fourth-order valence-electron chi connectivity index (χ4n) is 1.16. The SMILES string of the molecule is COCCN(C)C(C)CCC(C)O. The molecule has 0 amide bonds. The van der Waals surface area contributed by atoms with Crippen molar-refractivity contribution in [2.75, 3.05) is 27.3 Å². The standard InChI is InChI=1S/C10H23NO2/c1-9(5-6-10(2)12)11(3)7-8-13-4/h9-10,12H,5-8H2,1-4H3. The summed E-state index contributed by atoms with van der Waals surface area (Å²) in [4.78, 5) is 2.26. The Morgan fingerprint density at radius 2 is 1.92 bits per heavy atom. The third-order valence-electron chi connectivity index (χ3n) is 2.40. The van der Waals surface area contributed by atoms with Gasteiger partial charge in [-0.05, 0) is 33.7 Å². The van der Waals surface area contributed by atoms with E-state index >= 15 is 0 Å². The summed E-state index contributed by atoms with van der Waals surface area (Å²) in [6.45, 7) is 5.74. The van der Waals surface area contributed by atoms with Gasteiger partial charge in [-0.1, -0.05) is 0 Å². The lowest BCUT2D eigenvalue weighted by atomic mass is 10.1. The van der Waals surface area contributed by atoms with Crippen LogP contribution < -0.4 is 0 Å². The molecule has 0 saturated carbocycles. The molecule has 0 saturated heterocycles. The first-order valence-corrected chi connectivity index (χ1v) is 4.95. The van der Waals surface area contributed by atoms with Gasteiger partial charge in [-0.2, -0.15) is 0 Å². The van der Waals surface area contributed by atoms with E-state index in [4.69, 9.17) is 9.84 Å². The first kappa shape index (κ1) is 12.9. The van der Waals surface area contributed by atoms with Crippen LogP contribution in [0.5, 0.6) is 0 Å². The van der Waals surface area contributed by atoms with Crippen LogP contribution in [0.2, 0.25) is 0 Å². The van der Waals surface area contributed by atoms with Crippen LogP contribution in [0.25, 0.3) is 0 Å². The van der Waals surface area contributed by atoms with Crippen LogP contribution in [0, 0.1) is 0 Å². The van der Waals surface area contributed by atoms with E-state index in [1.165, 1.54) is 0 Å². The summed E-state index contributed by atoms with van der Waals surface area (Å²) in [5.74, 6) is 0. The second-order valence-electron chi connectivity index (χ2n) is 3.75. The van der Waals surface area contributed by atoms with E-state index in [0.717, 1.165) is 26.0 Å². The molecule has 0 bridgehead atoms. The molecule has 3 nitrogen and oxygen atoms in total. The normalized spacial score (nSPS) is 16.2. The van der Waals surface area contributed by atoms with E-state index in [1.807, 2.05) is 6.92 Å². The molecule has 0 aliphatic heterocycles. The number of likely N-dealkylation sites (N-methyl/N-ethyl adjacent to an activating group) is 1. The van der Waals surface area contributed by atoms with Crippen LogP contribution in [-0.2, 0) is 4.74 Å². The number of methoxy groups -OCH3 is 1. The lowest BCUT2D eigenvalue weighted by Crippen LogP contribution is -2.32. The molecule has 1 N–H and O–H groups in total. The predicted molar refractivity (Wildman–Crippen MR) is 54.9 cm³/mol. The van der Waals surface area contributed by atoms with Crippen molar-refractivity contribution in [3.05, 3.63) is 0 Å². The molecule has 0 aromatic rings. The van der Waals surface area contributed by atoms with Crippen molar-refractivity contribution in [3.63, 3.8) is 0 Å². The predicted octanol–water partition coefficient (Wildman–Crippen LogP) is 1.11. The Bertz CT molecular complexity index is 117. The van der Waals surface area contributed by atoms with Crippen molar-refractivity contribution in [3.8, 4) is 0 Å². The molecule has 0 fully saturated rings. The average molecular weight is 189 g/mol. The van der Waals surface area contributed by atoms with E-state index in [2.05, 4.69) is 18.9 Å². The highest BCUT2D eigenvalue weighted by atomic mass is 16.5. The highest BCUT2D eigenvalue weighted by Crippen LogP contribution is 2.06. The Morgan fingerprint density at radius 1 is 1.31 bits per heavy atom. The number of hydrogen-bond acceptors (Lipinski definition) is 3. The van der Waals surface area contributed by atoms with Gasteiger partial charge in [0.1, 0.15) is 0 Å². The molecule has 13 heavy (non-hydrogen) atoms. The van der Waals surface area contributed by atoms with Crippen molar-refractivity contribution >= 4 is 0 Å². The Labute approximate surface area is 81.7 Å². The summed E-state index contributed by atoms with van der Waals surface area (Å²) in [6.07, 6.45) is 1.73. The number of aliphatic hydroxyl groups is 1. The van der Waals surface area contributed by atoms with Crippen molar-refractivity contribution in [1.29, 1.82) is 0 Å². The summed E-state index contributed by atoms with van der Waals surface area (Å²) in [6, 6.07) is 0.518. The maximum atomic E-state index is 9.12. The van der Waals surface area contributed by atoms with Crippen molar-refractivity contribution in [2.24, 2.45) is 0 Å². The van der Waals surface area contributed by atoms with E-state index < -0.39 is 0 Å². The van der Waals surface area contributed by atoms with Gasteiger partial charge < -0.3 is 14.7 Å². The first-order valence-electron chi connectivity index (χ1n) is 4.95. The largest absolute Gasteiger partial charge is 0.393 e. The summed E-state index contributed by atoms with van der Waals surface area (Å²) in [7, 11) is 3.81. The van der Waals surface area contributed by atoms with E-state index in [1.54, 1.807) is 7.11 Å². The Balaban J connectivity index is 3.50. The minimum absolute atomic E-state index is 0.182. The summed E-state index contributed by atoms with van der Waals surface area (Å²) in [5, 5.41) is 9.12. The molecule has 2 unspecified atom stereocenters. The fourth-order valence-corrected chi connectivity index (χ4v) is 1.16. The van der Waals surface area contributed by atoms with Crippen LogP contribution in [0.3, 0.4) is 0 Å².